The molecule has 2 atom stereocenters. The van der Waals surface area contributed by atoms with E-state index in [1.54, 1.807) is 7.11 Å². The van der Waals surface area contributed by atoms with Gasteiger partial charge in [0.1, 0.15) is 11.8 Å². The Labute approximate surface area is 180 Å². The molecule has 2 aromatic heterocycles. The Morgan fingerprint density at radius 2 is 2.10 bits per heavy atom. The van der Waals surface area contributed by atoms with Crippen molar-refractivity contribution in [1.29, 1.82) is 0 Å². The maximum Gasteiger partial charge on any atom is 0.253 e. The molecule has 2 aliphatic rings. The summed E-state index contributed by atoms with van der Waals surface area (Å²) in [4.78, 5) is 18.6. The average molecular weight is 425 g/mol. The van der Waals surface area contributed by atoms with Crippen LogP contribution in [0.3, 0.4) is 0 Å². The van der Waals surface area contributed by atoms with E-state index in [2.05, 4.69) is 25.4 Å². The summed E-state index contributed by atoms with van der Waals surface area (Å²) in [6.45, 7) is 3.20. The molecular weight excluding hydrogens is 396 g/mol. The van der Waals surface area contributed by atoms with Gasteiger partial charge in [-0.1, -0.05) is 6.42 Å². The minimum Gasteiger partial charge on any atom is -0.497 e. The Balaban J connectivity index is 1.59. The first-order chi connectivity index (χ1) is 15.2. The van der Waals surface area contributed by atoms with Crippen LogP contribution in [0.25, 0.3) is 10.9 Å². The number of benzene rings is 1. The third-order valence-electron chi connectivity index (χ3n) is 6.34. The standard InChI is InChI=1S/C22H28N6O3/c1-30-16-7-8-19-15(12-16)13-18(22(29)23-19)20(27-9-3-2-4-10-27)21-24-25-26-28(21)14-17-6-5-11-31-17/h7-8,12-13,17,20H,2-6,9-11,14H2,1H3,(H,23,29)/t17-,20-/m1/s1. The van der Waals surface area contributed by atoms with Crippen LogP contribution in [-0.2, 0) is 11.3 Å². The van der Waals surface area contributed by atoms with E-state index in [9.17, 15) is 4.79 Å². The molecule has 1 aromatic carbocycles. The summed E-state index contributed by atoms with van der Waals surface area (Å²) in [6.07, 6.45) is 5.58. The van der Waals surface area contributed by atoms with E-state index in [1.165, 1.54) is 6.42 Å². The number of methoxy groups -OCH3 is 1. The molecule has 0 saturated carbocycles. The molecule has 0 bridgehead atoms. The van der Waals surface area contributed by atoms with Crippen LogP contribution in [0.1, 0.15) is 49.5 Å². The molecule has 5 rings (SSSR count). The lowest BCUT2D eigenvalue weighted by Crippen LogP contribution is -2.39. The number of tetrazole rings is 1. The second-order valence-electron chi connectivity index (χ2n) is 8.36. The van der Waals surface area contributed by atoms with Gasteiger partial charge in [-0.25, -0.2) is 4.68 Å². The van der Waals surface area contributed by atoms with Crippen molar-refractivity contribution in [1.82, 2.24) is 30.1 Å². The van der Waals surface area contributed by atoms with E-state index in [0.29, 0.717) is 17.9 Å². The lowest BCUT2D eigenvalue weighted by atomic mass is 10.0. The molecule has 0 unspecified atom stereocenters. The number of aromatic nitrogens is 5. The van der Waals surface area contributed by atoms with Crippen LogP contribution in [0, 0.1) is 0 Å². The molecule has 2 aliphatic heterocycles. The fourth-order valence-electron chi connectivity index (χ4n) is 4.73. The minimum atomic E-state index is -0.309. The first kappa shape index (κ1) is 20.1. The zero-order valence-corrected chi connectivity index (χ0v) is 17.8. The van der Waals surface area contributed by atoms with Crippen molar-refractivity contribution < 1.29 is 9.47 Å². The molecule has 1 N–H and O–H groups in total. The number of fused-ring (bicyclic) bond motifs is 1. The number of rotatable bonds is 6. The zero-order chi connectivity index (χ0) is 21.2. The summed E-state index contributed by atoms with van der Waals surface area (Å²) in [6, 6.07) is 7.31. The van der Waals surface area contributed by atoms with Crippen molar-refractivity contribution in [3.05, 3.63) is 46.0 Å². The fourth-order valence-corrected chi connectivity index (χ4v) is 4.73. The zero-order valence-electron chi connectivity index (χ0n) is 17.8. The second-order valence-corrected chi connectivity index (χ2v) is 8.36. The second kappa shape index (κ2) is 8.76. The fraction of sp³-hybridized carbons (Fsp3) is 0.545. The number of hydrogen-bond acceptors (Lipinski definition) is 7. The molecule has 2 saturated heterocycles. The Bertz CT molecular complexity index is 1100. The van der Waals surface area contributed by atoms with Crippen LogP contribution in [0.2, 0.25) is 0 Å². The van der Waals surface area contributed by atoms with E-state index in [-0.39, 0.29) is 17.7 Å². The third-order valence-corrected chi connectivity index (χ3v) is 6.34. The van der Waals surface area contributed by atoms with Gasteiger partial charge >= 0.3 is 0 Å². The van der Waals surface area contributed by atoms with Crippen molar-refractivity contribution in [2.24, 2.45) is 0 Å². The number of aromatic amines is 1. The van der Waals surface area contributed by atoms with Gasteiger partial charge in [-0.05, 0) is 73.5 Å². The molecule has 164 valence electrons. The van der Waals surface area contributed by atoms with Gasteiger partial charge in [0, 0.05) is 23.1 Å². The number of ether oxygens (including phenoxy) is 2. The van der Waals surface area contributed by atoms with Crippen molar-refractivity contribution in [3.63, 3.8) is 0 Å². The Hall–Kier alpha value is -2.78. The van der Waals surface area contributed by atoms with Gasteiger partial charge in [-0.15, -0.1) is 5.10 Å². The molecule has 3 aromatic rings. The van der Waals surface area contributed by atoms with Crippen molar-refractivity contribution in [2.45, 2.75) is 50.8 Å². The van der Waals surface area contributed by atoms with Gasteiger partial charge in [0.25, 0.3) is 5.56 Å². The highest BCUT2D eigenvalue weighted by atomic mass is 16.5. The van der Waals surface area contributed by atoms with Gasteiger partial charge in [0.05, 0.1) is 19.8 Å². The van der Waals surface area contributed by atoms with Gasteiger partial charge < -0.3 is 14.5 Å². The first-order valence-electron chi connectivity index (χ1n) is 11.1. The predicted octanol–water partition coefficient (Wildman–Crippen LogP) is 2.28. The Kier molecular flexibility index (Phi) is 5.69. The molecule has 9 nitrogen and oxygen atoms in total. The average Bonchev–Trinajstić information content (AvgIpc) is 3.48. The maximum absolute atomic E-state index is 13.2. The summed E-state index contributed by atoms with van der Waals surface area (Å²) in [5, 5.41) is 13.5. The number of pyridine rings is 1. The van der Waals surface area contributed by atoms with Crippen LogP contribution in [0.15, 0.2) is 29.1 Å². The smallest absolute Gasteiger partial charge is 0.253 e. The highest BCUT2D eigenvalue weighted by Gasteiger charge is 2.32. The van der Waals surface area contributed by atoms with E-state index >= 15 is 0 Å². The van der Waals surface area contributed by atoms with Crippen molar-refractivity contribution in [2.75, 3.05) is 26.8 Å². The Morgan fingerprint density at radius 1 is 1.23 bits per heavy atom. The normalized spacial score (nSPS) is 20.9. The van der Waals surface area contributed by atoms with E-state index < -0.39 is 0 Å². The monoisotopic (exact) mass is 424 g/mol. The lowest BCUT2D eigenvalue weighted by molar-refractivity contribution is 0.0902. The van der Waals surface area contributed by atoms with Crippen LogP contribution in [0.4, 0.5) is 0 Å². The van der Waals surface area contributed by atoms with E-state index in [4.69, 9.17) is 9.47 Å². The third kappa shape index (κ3) is 4.07. The SMILES string of the molecule is COc1ccc2[nH]c(=O)c([C@H](c3nnnn3C[C@H]3CCCO3)N3CCCCC3)cc2c1. The number of hydrogen-bond donors (Lipinski definition) is 1. The number of likely N-dealkylation sites (tertiary alicyclic amines) is 1. The van der Waals surface area contributed by atoms with Crippen LogP contribution in [-0.4, -0.2) is 63.0 Å². The predicted molar refractivity (Wildman–Crippen MR) is 115 cm³/mol. The molecule has 4 heterocycles. The summed E-state index contributed by atoms with van der Waals surface area (Å²) in [5.41, 5.74) is 1.33. The summed E-state index contributed by atoms with van der Waals surface area (Å²) in [5.74, 6) is 1.45. The molecule has 0 radical (unpaired) electrons. The summed E-state index contributed by atoms with van der Waals surface area (Å²) < 4.78 is 13.0. The number of piperidine rings is 1. The molecule has 0 amide bonds. The molecule has 2 fully saturated rings. The van der Waals surface area contributed by atoms with Gasteiger partial charge in [0.15, 0.2) is 5.82 Å². The Morgan fingerprint density at radius 3 is 2.87 bits per heavy atom. The van der Waals surface area contributed by atoms with Crippen LogP contribution < -0.4 is 10.3 Å². The lowest BCUT2D eigenvalue weighted by Gasteiger charge is -2.33. The van der Waals surface area contributed by atoms with E-state index in [0.717, 1.165) is 62.0 Å². The molecule has 9 heteroatoms. The molecular formula is C22H28N6O3. The molecule has 0 aliphatic carbocycles. The summed E-state index contributed by atoms with van der Waals surface area (Å²) >= 11 is 0. The van der Waals surface area contributed by atoms with Crippen molar-refractivity contribution >= 4 is 10.9 Å². The van der Waals surface area contributed by atoms with E-state index in [1.807, 2.05) is 28.9 Å². The van der Waals surface area contributed by atoms with Crippen LogP contribution in [0.5, 0.6) is 5.75 Å². The van der Waals surface area contributed by atoms with Gasteiger partial charge in [0.2, 0.25) is 0 Å². The van der Waals surface area contributed by atoms with Crippen LogP contribution >= 0.6 is 0 Å². The first-order valence-corrected chi connectivity index (χ1v) is 11.1. The quantitative estimate of drug-likeness (QED) is 0.648. The minimum absolute atomic E-state index is 0.111. The number of nitrogens with one attached hydrogen (secondary N) is 1. The molecule has 0 spiro atoms. The van der Waals surface area contributed by atoms with Crippen molar-refractivity contribution in [3.8, 4) is 5.75 Å². The van der Waals surface area contributed by atoms with Gasteiger partial charge in [-0.3, -0.25) is 9.69 Å². The topological polar surface area (TPSA) is 98.2 Å². The maximum atomic E-state index is 13.2. The largest absolute Gasteiger partial charge is 0.497 e. The summed E-state index contributed by atoms with van der Waals surface area (Å²) in [7, 11) is 1.64. The highest BCUT2D eigenvalue weighted by Crippen LogP contribution is 2.30. The van der Waals surface area contributed by atoms with Gasteiger partial charge in [-0.2, -0.15) is 0 Å². The highest BCUT2D eigenvalue weighted by molar-refractivity contribution is 5.80. The molecule has 31 heavy (non-hydrogen) atoms. The number of H-pyrrole nitrogens is 1. The number of nitrogens with zero attached hydrogens (tertiary/aromatic N) is 5.